The van der Waals surface area contributed by atoms with Crippen molar-refractivity contribution in [3.05, 3.63) is 5.92 Å². The Morgan fingerprint density at radius 3 is 1.42 bits per heavy atom. The van der Waals surface area contributed by atoms with Gasteiger partial charge < -0.3 is 0 Å². The largest absolute Gasteiger partial charge is 0.0654 e. The number of rotatable bonds is 31. The van der Waals surface area contributed by atoms with E-state index in [2.05, 4.69) is 138 Å². The van der Waals surface area contributed by atoms with E-state index in [0.717, 1.165) is 17.8 Å². The average molecular weight is 744 g/mol. The molecule has 1 radical (unpaired) electrons. The average Bonchev–Trinajstić information content (AvgIpc) is 3.05. The van der Waals surface area contributed by atoms with Crippen molar-refractivity contribution in [3.63, 3.8) is 0 Å². The van der Waals surface area contributed by atoms with E-state index < -0.39 is 0 Å². The fraction of sp³-hybridized carbons (Fsp3) is 0.981. The summed E-state index contributed by atoms with van der Waals surface area (Å²) in [6.45, 7) is 52.7. The first-order valence-electron chi connectivity index (χ1n) is 24.5. The highest BCUT2D eigenvalue weighted by Gasteiger charge is 2.72. The lowest BCUT2D eigenvalue weighted by molar-refractivity contribution is -0.238. The summed E-state index contributed by atoms with van der Waals surface area (Å²) in [5.41, 5.74) is 1.16. The molecule has 0 heteroatoms. The zero-order valence-electron chi connectivity index (χ0n) is 41.2. The van der Waals surface area contributed by atoms with Gasteiger partial charge >= 0.3 is 0 Å². The van der Waals surface area contributed by atoms with Gasteiger partial charge in [-0.25, -0.2) is 0 Å². The zero-order chi connectivity index (χ0) is 41.3. The molecule has 319 valence electrons. The Balaban J connectivity index is 9.58. The third-order valence-electron chi connectivity index (χ3n) is 15.8. The molecular weight excluding hydrogens is 637 g/mol. The molecule has 0 heterocycles. The molecule has 0 aliphatic carbocycles. The van der Waals surface area contributed by atoms with Crippen LogP contribution in [-0.2, 0) is 0 Å². The quantitative estimate of drug-likeness (QED) is 0.0663. The second kappa shape index (κ2) is 24.0. The lowest BCUT2D eigenvalue weighted by Gasteiger charge is -2.75. The molecule has 53 heavy (non-hydrogen) atoms. The highest BCUT2D eigenvalue weighted by Crippen LogP contribution is 2.79. The minimum absolute atomic E-state index is 0.0975. The molecule has 0 aromatic carbocycles. The van der Waals surface area contributed by atoms with Gasteiger partial charge in [0.05, 0.1) is 0 Å². The van der Waals surface area contributed by atoms with Crippen molar-refractivity contribution >= 4 is 0 Å². The third kappa shape index (κ3) is 12.7. The molecule has 0 spiro atoms. The Hall–Kier alpha value is 0. The van der Waals surface area contributed by atoms with Crippen LogP contribution < -0.4 is 0 Å². The molecule has 0 aromatic heterocycles. The molecule has 0 aromatic rings. The van der Waals surface area contributed by atoms with Crippen molar-refractivity contribution in [3.8, 4) is 0 Å². The van der Waals surface area contributed by atoms with Crippen LogP contribution in [-0.4, -0.2) is 0 Å². The van der Waals surface area contributed by atoms with Crippen LogP contribution in [0.1, 0.15) is 273 Å². The van der Waals surface area contributed by atoms with Crippen LogP contribution in [0.15, 0.2) is 0 Å². The lowest BCUT2D eigenvalue weighted by Crippen LogP contribution is -2.69. The van der Waals surface area contributed by atoms with Gasteiger partial charge in [0, 0.05) is 0 Å². The smallest absolute Gasteiger partial charge is 0.00888 e. The fourth-order valence-electron chi connectivity index (χ4n) is 14.4. The molecule has 0 N–H and O–H groups in total. The third-order valence-corrected chi connectivity index (χ3v) is 15.8. The molecule has 0 aliphatic heterocycles. The Morgan fingerprint density at radius 2 is 0.981 bits per heavy atom. The Morgan fingerprint density at radius 1 is 0.472 bits per heavy atom. The Bertz CT molecular complexity index is 925. The second-order valence-corrected chi connectivity index (χ2v) is 21.9. The minimum atomic E-state index is 0.0975. The van der Waals surface area contributed by atoms with E-state index in [0.29, 0.717) is 11.8 Å². The SMILES string of the molecule is CCCCC(CC)CC(C)(CCC)[C](C)C(C(C)CCC)(C(C)(CCC)CC(C)(C)C)C(CC(C)CCC)(C(C)CCC)C(C)(CCC)CC(C)CC. The molecule has 0 saturated carbocycles. The molecule has 10 atom stereocenters. The molecule has 0 saturated heterocycles. The van der Waals surface area contributed by atoms with Gasteiger partial charge in [0.1, 0.15) is 0 Å². The van der Waals surface area contributed by atoms with Crippen molar-refractivity contribution in [1.82, 2.24) is 0 Å². The minimum Gasteiger partial charge on any atom is -0.0654 e. The summed E-state index contributed by atoms with van der Waals surface area (Å²) < 4.78 is 0. The van der Waals surface area contributed by atoms with Crippen molar-refractivity contribution in [1.29, 1.82) is 0 Å². The van der Waals surface area contributed by atoms with Crippen molar-refractivity contribution in [2.24, 2.45) is 62.1 Å². The molecule has 0 nitrogen and oxygen atoms in total. The first-order chi connectivity index (χ1) is 24.7. The summed E-state index contributed by atoms with van der Waals surface area (Å²) in [6.07, 6.45) is 27.9. The summed E-state index contributed by atoms with van der Waals surface area (Å²) in [5.74, 6) is 5.52. The van der Waals surface area contributed by atoms with Gasteiger partial charge in [0.25, 0.3) is 0 Å². The van der Waals surface area contributed by atoms with E-state index in [1.807, 2.05) is 5.92 Å². The molecule has 0 amide bonds. The normalized spacial score (nSPS) is 21.5. The first-order valence-corrected chi connectivity index (χ1v) is 24.5. The summed E-state index contributed by atoms with van der Waals surface area (Å²) in [7, 11) is 0. The van der Waals surface area contributed by atoms with Gasteiger partial charge in [-0.1, -0.05) is 228 Å². The maximum absolute atomic E-state index is 2.91. The van der Waals surface area contributed by atoms with E-state index in [9.17, 15) is 0 Å². The van der Waals surface area contributed by atoms with Crippen molar-refractivity contribution in [2.45, 2.75) is 273 Å². The number of hydrogen-bond donors (Lipinski definition) is 0. The van der Waals surface area contributed by atoms with Crippen LogP contribution in [0.25, 0.3) is 0 Å². The van der Waals surface area contributed by atoms with Gasteiger partial charge in [-0.15, -0.1) is 0 Å². The maximum atomic E-state index is 2.91. The number of hydrogen-bond acceptors (Lipinski definition) is 0. The lowest BCUT2D eigenvalue weighted by atomic mass is 9.28. The van der Waals surface area contributed by atoms with Crippen LogP contribution in [0.2, 0.25) is 0 Å². The summed E-state index contributed by atoms with van der Waals surface area (Å²) in [5, 5.41) is 0. The van der Waals surface area contributed by atoms with Gasteiger partial charge in [-0.2, -0.15) is 0 Å². The summed E-state index contributed by atoms with van der Waals surface area (Å²) in [4.78, 5) is 0. The Kier molecular flexibility index (Phi) is 24.0. The standard InChI is InChI=1S/C53H107/c1-21-30-34-47(29-9)40-49(18,35-25-5)46(14)53(45(13)33-24-4,51(20,37-27-7)41-48(15,16)17)52(44(12)32-23-3,39-43(11)31-22-2)50(19,36-26-6)38-42(10)28-8/h42-45,47H,21-41H2,1-20H3. The van der Waals surface area contributed by atoms with Gasteiger partial charge in [0.15, 0.2) is 0 Å². The molecule has 0 rings (SSSR count). The van der Waals surface area contributed by atoms with E-state index >= 15 is 0 Å². The van der Waals surface area contributed by atoms with E-state index in [1.54, 1.807) is 0 Å². The fourth-order valence-corrected chi connectivity index (χ4v) is 14.4. The first kappa shape index (κ1) is 53.0. The van der Waals surface area contributed by atoms with Crippen LogP contribution >= 0.6 is 0 Å². The molecule has 0 fully saturated rings. The molecular formula is C53H107. The van der Waals surface area contributed by atoms with Crippen molar-refractivity contribution < 1.29 is 0 Å². The van der Waals surface area contributed by atoms with Gasteiger partial charge in [-0.3, -0.25) is 0 Å². The second-order valence-electron chi connectivity index (χ2n) is 21.9. The topological polar surface area (TPSA) is 0 Å². The van der Waals surface area contributed by atoms with E-state index in [4.69, 9.17) is 0 Å². The highest BCUT2D eigenvalue weighted by atomic mass is 14.8. The highest BCUT2D eigenvalue weighted by molar-refractivity contribution is 5.29. The van der Waals surface area contributed by atoms with Crippen molar-refractivity contribution in [2.75, 3.05) is 0 Å². The molecule has 0 aliphatic rings. The van der Waals surface area contributed by atoms with E-state index in [-0.39, 0.29) is 32.5 Å². The monoisotopic (exact) mass is 744 g/mol. The maximum Gasteiger partial charge on any atom is -0.00888 e. The molecule has 10 unspecified atom stereocenters. The van der Waals surface area contributed by atoms with Crippen LogP contribution in [0.4, 0.5) is 0 Å². The van der Waals surface area contributed by atoms with Crippen LogP contribution in [0.5, 0.6) is 0 Å². The predicted octanol–water partition coefficient (Wildman–Crippen LogP) is 19.2. The van der Waals surface area contributed by atoms with Crippen LogP contribution in [0, 0.1) is 68.0 Å². The van der Waals surface area contributed by atoms with Gasteiger partial charge in [0.2, 0.25) is 0 Å². The van der Waals surface area contributed by atoms with E-state index in [1.165, 1.54) is 135 Å². The zero-order valence-corrected chi connectivity index (χ0v) is 41.2. The predicted molar refractivity (Wildman–Crippen MR) is 246 cm³/mol. The number of unbranched alkanes of at least 4 members (excludes halogenated alkanes) is 1. The van der Waals surface area contributed by atoms with Gasteiger partial charge in [-0.05, 0) is 113 Å². The summed E-state index contributed by atoms with van der Waals surface area (Å²) >= 11 is 0. The summed E-state index contributed by atoms with van der Waals surface area (Å²) in [6, 6.07) is 0. The molecule has 0 bridgehead atoms. The van der Waals surface area contributed by atoms with Crippen LogP contribution in [0.3, 0.4) is 0 Å². The Labute approximate surface area is 340 Å².